The molecule has 1 aromatic carbocycles. The van der Waals surface area contributed by atoms with E-state index in [2.05, 4.69) is 15.3 Å². The molecule has 25 heavy (non-hydrogen) atoms. The highest BCUT2D eigenvalue weighted by Crippen LogP contribution is 2.39. The minimum atomic E-state index is -3.29. The van der Waals surface area contributed by atoms with E-state index in [4.69, 9.17) is 11.6 Å². The molecule has 3 rings (SSSR count). The molecule has 0 saturated heterocycles. The SMILES string of the molecule is CC(F)(F)c1nccnc1C(=O)NC1CCC1c1ccc(Cl)cc1F. The number of rotatable bonds is 4. The molecule has 8 heteroatoms. The molecule has 2 atom stereocenters. The molecule has 0 spiro atoms. The smallest absolute Gasteiger partial charge is 0.289 e. The van der Waals surface area contributed by atoms with Crippen LogP contribution in [0.2, 0.25) is 5.02 Å². The predicted molar refractivity (Wildman–Crippen MR) is 86.2 cm³/mol. The van der Waals surface area contributed by atoms with Gasteiger partial charge in [0, 0.05) is 36.3 Å². The first-order chi connectivity index (χ1) is 11.8. The summed E-state index contributed by atoms with van der Waals surface area (Å²) in [6.07, 6.45) is 3.59. The third-order valence-corrected chi connectivity index (χ3v) is 4.52. The quantitative estimate of drug-likeness (QED) is 0.884. The first-order valence-corrected chi connectivity index (χ1v) is 8.10. The van der Waals surface area contributed by atoms with Gasteiger partial charge >= 0.3 is 0 Å². The molecule has 1 amide bonds. The van der Waals surface area contributed by atoms with Crippen molar-refractivity contribution in [3.8, 4) is 0 Å². The molecule has 2 aromatic rings. The van der Waals surface area contributed by atoms with E-state index in [1.165, 1.54) is 12.3 Å². The number of carbonyl (C=O) groups excluding carboxylic acids is 1. The number of amides is 1. The van der Waals surface area contributed by atoms with Crippen LogP contribution >= 0.6 is 11.6 Å². The minimum Gasteiger partial charge on any atom is -0.347 e. The van der Waals surface area contributed by atoms with Crippen LogP contribution in [0.1, 0.15) is 47.4 Å². The lowest BCUT2D eigenvalue weighted by molar-refractivity contribution is 0.0110. The third kappa shape index (κ3) is 3.61. The maximum Gasteiger partial charge on any atom is 0.289 e. The fraction of sp³-hybridized carbons (Fsp3) is 0.353. The summed E-state index contributed by atoms with van der Waals surface area (Å²) in [5.41, 5.74) is -0.653. The van der Waals surface area contributed by atoms with Gasteiger partial charge in [0.15, 0.2) is 5.69 Å². The van der Waals surface area contributed by atoms with E-state index < -0.39 is 29.0 Å². The number of halogens is 4. The van der Waals surface area contributed by atoms with Crippen molar-refractivity contribution < 1.29 is 18.0 Å². The number of aromatic nitrogens is 2. The van der Waals surface area contributed by atoms with E-state index in [9.17, 15) is 18.0 Å². The molecule has 0 bridgehead atoms. The molecule has 1 aliphatic rings. The molecule has 2 unspecified atom stereocenters. The molecule has 1 aliphatic carbocycles. The van der Waals surface area contributed by atoms with Crippen LogP contribution in [-0.4, -0.2) is 21.9 Å². The second-order valence-electron chi connectivity index (χ2n) is 6.07. The van der Waals surface area contributed by atoms with Crippen LogP contribution in [-0.2, 0) is 5.92 Å². The Morgan fingerprint density at radius 2 is 2.00 bits per heavy atom. The minimum absolute atomic E-state index is 0.233. The Labute approximate surface area is 147 Å². The van der Waals surface area contributed by atoms with Crippen molar-refractivity contribution >= 4 is 17.5 Å². The van der Waals surface area contributed by atoms with Crippen molar-refractivity contribution in [3.63, 3.8) is 0 Å². The summed E-state index contributed by atoms with van der Waals surface area (Å²) < 4.78 is 41.3. The Hall–Kier alpha value is -2.15. The Kier molecular flexibility index (Phi) is 4.69. The number of hydrogen-bond donors (Lipinski definition) is 1. The summed E-state index contributed by atoms with van der Waals surface area (Å²) in [7, 11) is 0. The van der Waals surface area contributed by atoms with E-state index in [0.717, 1.165) is 6.20 Å². The van der Waals surface area contributed by atoms with E-state index >= 15 is 0 Å². The van der Waals surface area contributed by atoms with Crippen LogP contribution in [0.3, 0.4) is 0 Å². The lowest BCUT2D eigenvalue weighted by Crippen LogP contribution is -2.46. The van der Waals surface area contributed by atoms with E-state index in [1.54, 1.807) is 12.1 Å². The van der Waals surface area contributed by atoms with Crippen molar-refractivity contribution in [3.05, 3.63) is 58.4 Å². The number of carbonyl (C=O) groups is 1. The summed E-state index contributed by atoms with van der Waals surface area (Å²) in [6, 6.07) is 4.01. The summed E-state index contributed by atoms with van der Waals surface area (Å²) in [5.74, 6) is -4.71. The van der Waals surface area contributed by atoms with Gasteiger partial charge in [0.2, 0.25) is 0 Å². The number of nitrogens with one attached hydrogen (secondary N) is 1. The number of nitrogens with zero attached hydrogens (tertiary/aromatic N) is 2. The molecule has 4 nitrogen and oxygen atoms in total. The maximum absolute atomic E-state index is 14.1. The van der Waals surface area contributed by atoms with Crippen LogP contribution in [0.25, 0.3) is 0 Å². The molecule has 1 aromatic heterocycles. The first kappa shape index (κ1) is 17.7. The van der Waals surface area contributed by atoms with Crippen LogP contribution in [0.5, 0.6) is 0 Å². The molecular formula is C17H15ClF3N3O. The molecule has 0 radical (unpaired) electrons. The average Bonchev–Trinajstić information content (AvgIpc) is 2.53. The van der Waals surface area contributed by atoms with E-state index in [1.807, 2.05) is 0 Å². The Balaban J connectivity index is 1.78. The zero-order valence-corrected chi connectivity index (χ0v) is 14.0. The van der Waals surface area contributed by atoms with Crippen LogP contribution < -0.4 is 5.32 Å². The molecule has 1 saturated carbocycles. The molecule has 1 fully saturated rings. The highest BCUT2D eigenvalue weighted by Gasteiger charge is 2.38. The number of benzene rings is 1. The fourth-order valence-corrected chi connectivity index (χ4v) is 3.07. The summed E-state index contributed by atoms with van der Waals surface area (Å²) >= 11 is 5.75. The number of alkyl halides is 2. The Morgan fingerprint density at radius 3 is 2.60 bits per heavy atom. The second kappa shape index (κ2) is 6.63. The van der Waals surface area contributed by atoms with Gasteiger partial charge in [0.1, 0.15) is 11.5 Å². The number of hydrogen-bond acceptors (Lipinski definition) is 3. The van der Waals surface area contributed by atoms with Gasteiger partial charge in [-0.2, -0.15) is 8.78 Å². The molecule has 0 aliphatic heterocycles. The standard InChI is InChI=1S/C17H15ClF3N3O/c1-17(20,21)15-14(22-6-7-23-15)16(25)24-13-5-4-11(13)10-3-2-9(18)8-12(10)19/h2-3,6-8,11,13H,4-5H2,1H3,(H,24,25). The van der Waals surface area contributed by atoms with Gasteiger partial charge in [0.05, 0.1) is 0 Å². The largest absolute Gasteiger partial charge is 0.347 e. The van der Waals surface area contributed by atoms with Crippen molar-refractivity contribution in [2.75, 3.05) is 0 Å². The summed E-state index contributed by atoms with van der Waals surface area (Å²) in [4.78, 5) is 19.7. The summed E-state index contributed by atoms with van der Waals surface area (Å²) in [5, 5.41) is 2.95. The van der Waals surface area contributed by atoms with Gasteiger partial charge < -0.3 is 5.32 Å². The zero-order valence-electron chi connectivity index (χ0n) is 13.3. The molecule has 1 N–H and O–H groups in total. The highest BCUT2D eigenvalue weighted by atomic mass is 35.5. The van der Waals surface area contributed by atoms with Crippen LogP contribution in [0, 0.1) is 5.82 Å². The maximum atomic E-state index is 14.1. The molecule has 1 heterocycles. The third-order valence-electron chi connectivity index (χ3n) is 4.28. The van der Waals surface area contributed by atoms with E-state index in [-0.39, 0.29) is 17.0 Å². The van der Waals surface area contributed by atoms with Gasteiger partial charge in [0.25, 0.3) is 11.8 Å². The molecular weight excluding hydrogens is 355 g/mol. The van der Waals surface area contributed by atoms with Crippen LogP contribution in [0.15, 0.2) is 30.6 Å². The monoisotopic (exact) mass is 369 g/mol. The van der Waals surface area contributed by atoms with Gasteiger partial charge in [-0.25, -0.2) is 9.37 Å². The second-order valence-corrected chi connectivity index (χ2v) is 6.51. The van der Waals surface area contributed by atoms with Crippen LogP contribution in [0.4, 0.5) is 13.2 Å². The molecule has 132 valence electrons. The fourth-order valence-electron chi connectivity index (χ4n) is 2.91. The lowest BCUT2D eigenvalue weighted by atomic mass is 9.74. The van der Waals surface area contributed by atoms with Gasteiger partial charge in [-0.15, -0.1) is 0 Å². The van der Waals surface area contributed by atoms with Crippen molar-refractivity contribution in [2.45, 2.75) is 37.6 Å². The van der Waals surface area contributed by atoms with E-state index in [0.29, 0.717) is 25.3 Å². The van der Waals surface area contributed by atoms with Gasteiger partial charge in [-0.05, 0) is 30.5 Å². The van der Waals surface area contributed by atoms with Crippen molar-refractivity contribution in [1.29, 1.82) is 0 Å². The first-order valence-electron chi connectivity index (χ1n) is 7.72. The lowest BCUT2D eigenvalue weighted by Gasteiger charge is -2.37. The Bertz CT molecular complexity index is 810. The van der Waals surface area contributed by atoms with Gasteiger partial charge in [-0.1, -0.05) is 17.7 Å². The summed E-state index contributed by atoms with van der Waals surface area (Å²) in [6.45, 7) is 0.656. The average molecular weight is 370 g/mol. The topological polar surface area (TPSA) is 54.9 Å². The van der Waals surface area contributed by atoms with Gasteiger partial charge in [-0.3, -0.25) is 9.78 Å². The predicted octanol–water partition coefficient (Wildman–Crippen LogP) is 4.06. The highest BCUT2D eigenvalue weighted by molar-refractivity contribution is 6.30. The van der Waals surface area contributed by atoms with Crippen molar-refractivity contribution in [1.82, 2.24) is 15.3 Å². The Morgan fingerprint density at radius 1 is 1.28 bits per heavy atom. The normalized spacial score (nSPS) is 20.0. The zero-order chi connectivity index (χ0) is 18.2. The van der Waals surface area contributed by atoms with Crippen molar-refractivity contribution in [2.24, 2.45) is 0 Å².